The SMILES string of the molecule is COC1CCN([C@H]2CCC[C@H]2NC(=O)Nc2ccc(-c3nccc(C)n3)cc2)C1. The van der Waals surface area contributed by atoms with Gasteiger partial charge in [0.1, 0.15) is 0 Å². The number of rotatable bonds is 5. The van der Waals surface area contributed by atoms with E-state index in [4.69, 9.17) is 4.74 Å². The lowest BCUT2D eigenvalue weighted by Crippen LogP contribution is -2.49. The Morgan fingerprint density at radius 2 is 2.00 bits per heavy atom. The van der Waals surface area contributed by atoms with Gasteiger partial charge in [-0.2, -0.15) is 0 Å². The van der Waals surface area contributed by atoms with Crippen LogP contribution in [0.25, 0.3) is 11.4 Å². The summed E-state index contributed by atoms with van der Waals surface area (Å²) in [6.45, 7) is 3.95. The molecule has 1 unspecified atom stereocenters. The minimum atomic E-state index is -0.149. The van der Waals surface area contributed by atoms with E-state index < -0.39 is 0 Å². The molecule has 4 rings (SSSR count). The predicted molar refractivity (Wildman–Crippen MR) is 113 cm³/mol. The number of ether oxygens (including phenoxy) is 1. The molecule has 2 heterocycles. The van der Waals surface area contributed by atoms with Gasteiger partial charge in [0.2, 0.25) is 0 Å². The van der Waals surface area contributed by atoms with Gasteiger partial charge in [0.15, 0.2) is 5.82 Å². The molecule has 1 saturated heterocycles. The molecule has 2 aliphatic rings. The summed E-state index contributed by atoms with van der Waals surface area (Å²) in [5, 5.41) is 6.14. The number of hydrogen-bond acceptors (Lipinski definition) is 5. The normalized spacial score (nSPS) is 24.6. The number of urea groups is 1. The number of carbonyl (C=O) groups is 1. The molecule has 2 fully saturated rings. The molecule has 7 heteroatoms. The first kappa shape index (κ1) is 19.8. The number of aryl methyl sites for hydroxylation is 1. The average molecular weight is 396 g/mol. The summed E-state index contributed by atoms with van der Waals surface area (Å²) < 4.78 is 5.49. The van der Waals surface area contributed by atoms with Gasteiger partial charge in [-0.15, -0.1) is 0 Å². The number of benzene rings is 1. The van der Waals surface area contributed by atoms with Gasteiger partial charge >= 0.3 is 6.03 Å². The van der Waals surface area contributed by atoms with Gasteiger partial charge in [-0.25, -0.2) is 14.8 Å². The van der Waals surface area contributed by atoms with E-state index >= 15 is 0 Å². The van der Waals surface area contributed by atoms with Crippen molar-refractivity contribution in [2.24, 2.45) is 0 Å². The molecule has 0 radical (unpaired) electrons. The molecule has 2 aromatic rings. The van der Waals surface area contributed by atoms with Crippen LogP contribution in [0.3, 0.4) is 0 Å². The molecule has 0 spiro atoms. The van der Waals surface area contributed by atoms with Crippen molar-refractivity contribution >= 4 is 11.7 Å². The average Bonchev–Trinajstić information content (AvgIpc) is 3.37. The van der Waals surface area contributed by atoms with E-state index in [9.17, 15) is 4.79 Å². The van der Waals surface area contributed by atoms with Gasteiger partial charge in [0.05, 0.1) is 6.10 Å². The highest BCUT2D eigenvalue weighted by Gasteiger charge is 2.36. The second-order valence-corrected chi connectivity index (χ2v) is 7.94. The monoisotopic (exact) mass is 395 g/mol. The molecule has 3 atom stereocenters. The van der Waals surface area contributed by atoms with Gasteiger partial charge in [-0.05, 0) is 62.9 Å². The predicted octanol–water partition coefficient (Wildman–Crippen LogP) is 3.22. The lowest BCUT2D eigenvalue weighted by Gasteiger charge is -2.30. The van der Waals surface area contributed by atoms with E-state index in [1.54, 1.807) is 13.3 Å². The number of nitrogens with zero attached hydrogens (tertiary/aromatic N) is 3. The summed E-state index contributed by atoms with van der Waals surface area (Å²) in [7, 11) is 1.78. The fraction of sp³-hybridized carbons (Fsp3) is 0.500. The maximum absolute atomic E-state index is 12.6. The molecule has 0 bridgehead atoms. The summed E-state index contributed by atoms with van der Waals surface area (Å²) in [4.78, 5) is 23.8. The molecule has 1 saturated carbocycles. The first-order valence-corrected chi connectivity index (χ1v) is 10.4. The van der Waals surface area contributed by atoms with Crippen molar-refractivity contribution in [2.45, 2.75) is 50.8 Å². The number of nitrogens with one attached hydrogen (secondary N) is 2. The highest BCUT2D eigenvalue weighted by molar-refractivity contribution is 5.89. The largest absolute Gasteiger partial charge is 0.380 e. The zero-order chi connectivity index (χ0) is 20.2. The maximum atomic E-state index is 12.6. The van der Waals surface area contributed by atoms with E-state index in [1.807, 2.05) is 37.3 Å². The number of methoxy groups -OCH3 is 1. The number of likely N-dealkylation sites (tertiary alicyclic amines) is 1. The van der Waals surface area contributed by atoms with Crippen molar-refractivity contribution in [3.63, 3.8) is 0 Å². The smallest absolute Gasteiger partial charge is 0.319 e. The number of carbonyl (C=O) groups excluding carboxylic acids is 1. The molecule has 29 heavy (non-hydrogen) atoms. The third-order valence-corrected chi connectivity index (χ3v) is 5.97. The van der Waals surface area contributed by atoms with Crippen LogP contribution in [-0.4, -0.2) is 59.3 Å². The summed E-state index contributed by atoms with van der Waals surface area (Å²) >= 11 is 0. The van der Waals surface area contributed by atoms with Crippen LogP contribution in [-0.2, 0) is 4.74 Å². The summed E-state index contributed by atoms with van der Waals surface area (Å²) in [6.07, 6.45) is 6.45. The fourth-order valence-corrected chi connectivity index (χ4v) is 4.42. The van der Waals surface area contributed by atoms with E-state index in [2.05, 4.69) is 25.5 Å². The molecule has 1 aromatic carbocycles. The number of hydrogen-bond donors (Lipinski definition) is 2. The molecule has 1 aliphatic carbocycles. The van der Waals surface area contributed by atoms with Gasteiger partial charge in [0, 0.05) is 55.4 Å². The van der Waals surface area contributed by atoms with Crippen LogP contribution in [0.2, 0.25) is 0 Å². The Morgan fingerprint density at radius 3 is 2.72 bits per heavy atom. The molecular formula is C22H29N5O2. The van der Waals surface area contributed by atoms with Gasteiger partial charge in [-0.3, -0.25) is 4.90 Å². The Hall–Kier alpha value is -2.51. The quantitative estimate of drug-likeness (QED) is 0.813. The minimum Gasteiger partial charge on any atom is -0.380 e. The Balaban J connectivity index is 1.33. The van der Waals surface area contributed by atoms with Crippen LogP contribution in [0.15, 0.2) is 36.5 Å². The second kappa shape index (κ2) is 8.88. The third-order valence-electron chi connectivity index (χ3n) is 5.97. The van der Waals surface area contributed by atoms with Gasteiger partial charge < -0.3 is 15.4 Å². The highest BCUT2D eigenvalue weighted by Crippen LogP contribution is 2.28. The maximum Gasteiger partial charge on any atom is 0.319 e. The molecule has 2 N–H and O–H groups in total. The fourth-order valence-electron chi connectivity index (χ4n) is 4.42. The van der Waals surface area contributed by atoms with E-state index in [0.717, 1.165) is 55.7 Å². The van der Waals surface area contributed by atoms with Crippen molar-refractivity contribution < 1.29 is 9.53 Å². The van der Waals surface area contributed by atoms with Gasteiger partial charge in [-0.1, -0.05) is 0 Å². The Bertz CT molecular complexity index is 841. The van der Waals surface area contributed by atoms with Crippen LogP contribution in [0.5, 0.6) is 0 Å². The molecule has 1 aromatic heterocycles. The Labute approximate surface area is 171 Å². The topological polar surface area (TPSA) is 79.4 Å². The first-order chi connectivity index (χ1) is 14.1. The molecular weight excluding hydrogens is 366 g/mol. The zero-order valence-corrected chi connectivity index (χ0v) is 17.1. The van der Waals surface area contributed by atoms with Crippen molar-refractivity contribution in [3.8, 4) is 11.4 Å². The van der Waals surface area contributed by atoms with E-state index in [-0.39, 0.29) is 12.1 Å². The van der Waals surface area contributed by atoms with E-state index in [0.29, 0.717) is 18.0 Å². The second-order valence-electron chi connectivity index (χ2n) is 7.94. The van der Waals surface area contributed by atoms with Crippen molar-refractivity contribution in [1.29, 1.82) is 0 Å². The van der Waals surface area contributed by atoms with Crippen LogP contribution in [0.4, 0.5) is 10.5 Å². The van der Waals surface area contributed by atoms with Crippen molar-refractivity contribution in [2.75, 3.05) is 25.5 Å². The first-order valence-electron chi connectivity index (χ1n) is 10.4. The van der Waals surface area contributed by atoms with Crippen LogP contribution in [0, 0.1) is 6.92 Å². The number of anilines is 1. The van der Waals surface area contributed by atoms with Crippen LogP contribution < -0.4 is 10.6 Å². The third kappa shape index (κ3) is 4.74. The summed E-state index contributed by atoms with van der Waals surface area (Å²) in [5.41, 5.74) is 2.61. The van der Waals surface area contributed by atoms with Crippen molar-refractivity contribution in [3.05, 3.63) is 42.2 Å². The Kier molecular flexibility index (Phi) is 6.06. The lowest BCUT2D eigenvalue weighted by atomic mass is 10.1. The van der Waals surface area contributed by atoms with Gasteiger partial charge in [0.25, 0.3) is 0 Å². The van der Waals surface area contributed by atoms with Crippen LogP contribution >= 0.6 is 0 Å². The molecule has 7 nitrogen and oxygen atoms in total. The summed E-state index contributed by atoms with van der Waals surface area (Å²) in [5.74, 6) is 0.690. The zero-order valence-electron chi connectivity index (χ0n) is 17.1. The molecule has 2 amide bonds. The van der Waals surface area contributed by atoms with Crippen LogP contribution in [0.1, 0.15) is 31.4 Å². The minimum absolute atomic E-state index is 0.149. The Morgan fingerprint density at radius 1 is 1.17 bits per heavy atom. The molecule has 154 valence electrons. The van der Waals surface area contributed by atoms with Crippen molar-refractivity contribution in [1.82, 2.24) is 20.2 Å². The lowest BCUT2D eigenvalue weighted by molar-refractivity contribution is 0.0985. The van der Waals surface area contributed by atoms with E-state index in [1.165, 1.54) is 0 Å². The number of amides is 2. The number of aromatic nitrogens is 2. The molecule has 1 aliphatic heterocycles. The standard InChI is InChI=1S/C22H29N5O2/c1-15-10-12-23-21(24-15)16-6-8-17(9-7-16)25-22(28)26-19-4-3-5-20(19)27-13-11-18(14-27)29-2/h6-10,12,18-20H,3-5,11,13-14H2,1-2H3,(H2,25,26,28)/t18?,19-,20+/m1/s1. The summed E-state index contributed by atoms with van der Waals surface area (Å²) in [6, 6.07) is 9.94. The highest BCUT2D eigenvalue weighted by atomic mass is 16.5.